The van der Waals surface area contributed by atoms with E-state index in [0.29, 0.717) is 17.9 Å². The quantitative estimate of drug-likeness (QED) is 0.756. The van der Waals surface area contributed by atoms with Crippen molar-refractivity contribution < 1.29 is 22.4 Å². The van der Waals surface area contributed by atoms with Gasteiger partial charge in [-0.3, -0.25) is 0 Å². The molecule has 2 heterocycles. The van der Waals surface area contributed by atoms with E-state index >= 15 is 0 Å². The van der Waals surface area contributed by atoms with Crippen LogP contribution in [0.2, 0.25) is 0 Å². The maximum atomic E-state index is 12.9. The molecule has 1 aliphatic heterocycles. The summed E-state index contributed by atoms with van der Waals surface area (Å²) in [5.41, 5.74) is 7.30. The number of carbonyl (C=O) groups excluding carboxylic acids is 1. The van der Waals surface area contributed by atoms with Gasteiger partial charge in [0.2, 0.25) is 5.76 Å². The van der Waals surface area contributed by atoms with Gasteiger partial charge in [-0.05, 0) is 30.2 Å². The molecule has 0 atom stereocenters. The van der Waals surface area contributed by atoms with Crippen molar-refractivity contribution in [1.82, 2.24) is 0 Å². The van der Waals surface area contributed by atoms with E-state index in [1.807, 2.05) is 6.07 Å². The van der Waals surface area contributed by atoms with Gasteiger partial charge in [-0.25, -0.2) is 9.79 Å². The summed E-state index contributed by atoms with van der Waals surface area (Å²) in [5, 5.41) is 4.66. The zero-order valence-electron chi connectivity index (χ0n) is 13.6. The number of nitrogens with two attached hydrogens (primary N) is 1. The summed E-state index contributed by atoms with van der Waals surface area (Å²) in [4.78, 5) is 16.1. The van der Waals surface area contributed by atoms with E-state index in [4.69, 9.17) is 5.73 Å². The van der Waals surface area contributed by atoms with Crippen molar-refractivity contribution in [2.45, 2.75) is 19.5 Å². The normalized spacial score (nSPS) is 14.0. The van der Waals surface area contributed by atoms with E-state index in [2.05, 4.69) is 20.0 Å². The maximum absolute atomic E-state index is 12.9. The third-order valence-corrected chi connectivity index (χ3v) is 3.61. The molecule has 9 heteroatoms. The summed E-state index contributed by atoms with van der Waals surface area (Å²) in [5.74, 6) is -0.714. The summed E-state index contributed by atoms with van der Waals surface area (Å²) in [7, 11) is 0. The standard InChI is InChI=1S/C17H15F3N4O2/c1-9-5-13(15(26-9)17(18,19)20)24-16(25)23-12-4-2-3-10(6-12)11-7-14(21)22-8-11/h2-6,8H,7H2,1H3,(H2,21,22)(H2,23,24,25). The Morgan fingerprint density at radius 3 is 2.69 bits per heavy atom. The van der Waals surface area contributed by atoms with E-state index < -0.39 is 23.7 Å². The molecule has 4 N–H and O–H groups in total. The third kappa shape index (κ3) is 3.88. The number of furan rings is 1. The highest BCUT2D eigenvalue weighted by molar-refractivity contribution is 6.01. The fraction of sp³-hybridized carbons (Fsp3) is 0.176. The van der Waals surface area contributed by atoms with Crippen molar-refractivity contribution in [3.63, 3.8) is 0 Å². The number of benzene rings is 1. The van der Waals surface area contributed by atoms with Gasteiger partial charge in [0.1, 0.15) is 11.6 Å². The lowest BCUT2D eigenvalue weighted by Crippen LogP contribution is -2.21. The fourth-order valence-corrected chi connectivity index (χ4v) is 2.52. The van der Waals surface area contributed by atoms with Crippen molar-refractivity contribution in [2.24, 2.45) is 10.7 Å². The molecule has 1 aliphatic rings. The van der Waals surface area contributed by atoms with Gasteiger partial charge in [-0.2, -0.15) is 13.2 Å². The van der Waals surface area contributed by atoms with Gasteiger partial charge in [-0.1, -0.05) is 12.1 Å². The van der Waals surface area contributed by atoms with Crippen molar-refractivity contribution in [2.75, 3.05) is 10.6 Å². The molecule has 26 heavy (non-hydrogen) atoms. The number of hydrogen-bond donors (Lipinski definition) is 3. The first-order valence-corrected chi connectivity index (χ1v) is 7.59. The molecule has 0 unspecified atom stereocenters. The van der Waals surface area contributed by atoms with Crippen molar-refractivity contribution in [1.29, 1.82) is 0 Å². The average Bonchev–Trinajstić information content (AvgIpc) is 3.13. The first-order chi connectivity index (χ1) is 12.2. The molecular weight excluding hydrogens is 349 g/mol. The Labute approximate surface area is 146 Å². The molecule has 0 saturated heterocycles. The molecule has 0 bridgehead atoms. The second-order valence-electron chi connectivity index (χ2n) is 5.71. The summed E-state index contributed by atoms with van der Waals surface area (Å²) in [6.45, 7) is 1.37. The molecule has 1 aromatic carbocycles. The van der Waals surface area contributed by atoms with E-state index in [0.717, 1.165) is 17.2 Å². The molecule has 0 fully saturated rings. The molecule has 6 nitrogen and oxygen atoms in total. The maximum Gasteiger partial charge on any atom is 0.451 e. The molecule has 0 radical (unpaired) electrons. The molecule has 0 saturated carbocycles. The molecular formula is C17H15F3N4O2. The number of urea groups is 1. The van der Waals surface area contributed by atoms with Crippen LogP contribution in [0.15, 0.2) is 45.9 Å². The largest absolute Gasteiger partial charge is 0.455 e. The molecule has 2 aromatic rings. The van der Waals surface area contributed by atoms with Crippen LogP contribution in [-0.4, -0.2) is 11.9 Å². The van der Waals surface area contributed by atoms with Gasteiger partial charge in [0.25, 0.3) is 0 Å². The Morgan fingerprint density at radius 1 is 1.27 bits per heavy atom. The zero-order chi connectivity index (χ0) is 18.9. The Morgan fingerprint density at radius 2 is 2.04 bits per heavy atom. The topological polar surface area (TPSA) is 92.7 Å². The smallest absolute Gasteiger partial charge is 0.451 e. The number of aliphatic imine (C=N–C) groups is 1. The van der Waals surface area contributed by atoms with Crippen molar-refractivity contribution >= 4 is 28.8 Å². The van der Waals surface area contributed by atoms with Crippen molar-refractivity contribution in [3.8, 4) is 0 Å². The summed E-state index contributed by atoms with van der Waals surface area (Å²) in [6.07, 6.45) is -2.57. The number of rotatable bonds is 3. The summed E-state index contributed by atoms with van der Waals surface area (Å²) >= 11 is 0. The van der Waals surface area contributed by atoms with Crippen LogP contribution in [0, 0.1) is 6.92 Å². The number of nitrogens with one attached hydrogen (secondary N) is 2. The van der Waals surface area contributed by atoms with E-state index in [-0.39, 0.29) is 5.76 Å². The number of anilines is 2. The van der Waals surface area contributed by atoms with E-state index in [1.54, 1.807) is 24.4 Å². The van der Waals surface area contributed by atoms with Crippen LogP contribution in [0.25, 0.3) is 5.57 Å². The number of aryl methyl sites for hydroxylation is 1. The minimum Gasteiger partial charge on any atom is -0.455 e. The minimum absolute atomic E-state index is 0.0420. The highest BCUT2D eigenvalue weighted by Crippen LogP contribution is 2.37. The van der Waals surface area contributed by atoms with E-state index in [9.17, 15) is 18.0 Å². The lowest BCUT2D eigenvalue weighted by atomic mass is 10.0. The number of halogens is 3. The van der Waals surface area contributed by atoms with Crippen LogP contribution < -0.4 is 16.4 Å². The monoisotopic (exact) mass is 364 g/mol. The molecule has 0 aliphatic carbocycles. The number of nitrogens with zero attached hydrogens (tertiary/aromatic N) is 1. The highest BCUT2D eigenvalue weighted by atomic mass is 19.4. The van der Waals surface area contributed by atoms with Crippen LogP contribution >= 0.6 is 0 Å². The van der Waals surface area contributed by atoms with Gasteiger partial charge < -0.3 is 20.8 Å². The van der Waals surface area contributed by atoms with Crippen LogP contribution in [0.5, 0.6) is 0 Å². The number of carbonyl (C=O) groups is 1. The van der Waals surface area contributed by atoms with Gasteiger partial charge in [-0.15, -0.1) is 0 Å². The second-order valence-corrected chi connectivity index (χ2v) is 5.71. The number of alkyl halides is 3. The SMILES string of the molecule is Cc1cc(NC(=O)Nc2cccc(C3=CN=C(N)C3)c2)c(C(F)(F)F)o1. The Hall–Kier alpha value is -3.23. The second kappa shape index (κ2) is 6.58. The molecule has 3 rings (SSSR count). The minimum atomic E-state index is -4.70. The molecule has 136 valence electrons. The van der Waals surface area contributed by atoms with Crippen LogP contribution in [0.4, 0.5) is 29.3 Å². The zero-order valence-corrected chi connectivity index (χ0v) is 13.6. The van der Waals surface area contributed by atoms with Gasteiger partial charge in [0.15, 0.2) is 0 Å². The highest BCUT2D eigenvalue weighted by Gasteiger charge is 2.38. The predicted octanol–water partition coefficient (Wildman–Crippen LogP) is 4.35. The van der Waals surface area contributed by atoms with Gasteiger partial charge in [0.05, 0.1) is 5.69 Å². The number of hydrogen-bond acceptors (Lipinski definition) is 4. The number of amides is 2. The molecule has 2 amide bonds. The van der Waals surface area contributed by atoms with E-state index in [1.165, 1.54) is 6.92 Å². The summed E-state index contributed by atoms with van der Waals surface area (Å²) < 4.78 is 43.3. The molecule has 0 spiro atoms. The first kappa shape index (κ1) is 17.6. The van der Waals surface area contributed by atoms with Gasteiger partial charge in [0, 0.05) is 24.4 Å². The van der Waals surface area contributed by atoms with Crippen LogP contribution in [-0.2, 0) is 6.18 Å². The fourth-order valence-electron chi connectivity index (χ4n) is 2.52. The Kier molecular flexibility index (Phi) is 4.45. The van der Waals surface area contributed by atoms with Gasteiger partial charge >= 0.3 is 12.2 Å². The van der Waals surface area contributed by atoms with Crippen molar-refractivity contribution in [3.05, 3.63) is 53.6 Å². The third-order valence-electron chi connectivity index (χ3n) is 3.61. The predicted molar refractivity (Wildman–Crippen MR) is 91.7 cm³/mol. The molecule has 1 aromatic heterocycles. The lowest BCUT2D eigenvalue weighted by molar-refractivity contribution is -0.152. The number of amidine groups is 1. The van der Waals surface area contributed by atoms with Crippen LogP contribution in [0.3, 0.4) is 0 Å². The Bertz CT molecular complexity index is 913. The lowest BCUT2D eigenvalue weighted by Gasteiger charge is -2.10. The first-order valence-electron chi connectivity index (χ1n) is 7.59. The summed E-state index contributed by atoms with van der Waals surface area (Å²) in [6, 6.07) is 7.14. The Balaban J connectivity index is 1.72. The van der Waals surface area contributed by atoms with Crippen LogP contribution in [0.1, 0.15) is 23.5 Å². The average molecular weight is 364 g/mol.